The molecule has 0 fully saturated rings. The summed E-state index contributed by atoms with van der Waals surface area (Å²) >= 11 is 0. The van der Waals surface area contributed by atoms with Crippen LogP contribution in [-0.2, 0) is 0 Å². The summed E-state index contributed by atoms with van der Waals surface area (Å²) in [5.41, 5.74) is 0.403. The van der Waals surface area contributed by atoms with Crippen molar-refractivity contribution in [2.75, 3.05) is 6.54 Å². The van der Waals surface area contributed by atoms with Crippen molar-refractivity contribution in [2.24, 2.45) is 0 Å². The largest absolute Gasteiger partial charge is 0.415 e. The molecule has 2 N–H and O–H groups in total. The third-order valence-electron chi connectivity index (χ3n) is 2.19. The van der Waals surface area contributed by atoms with Gasteiger partial charge in [0.1, 0.15) is 5.82 Å². The highest BCUT2D eigenvalue weighted by Gasteiger charge is 2.37. The molecular weight excluding hydrogens is 240 g/mol. The second kappa shape index (κ2) is 5.42. The van der Waals surface area contributed by atoms with Crippen molar-refractivity contribution < 1.29 is 22.7 Å². The Labute approximate surface area is 95.5 Å². The summed E-state index contributed by atoms with van der Waals surface area (Å²) < 4.78 is 48.5. The number of nitrogens with zero attached hydrogens (tertiary/aromatic N) is 1. The molecule has 0 spiro atoms. The summed E-state index contributed by atoms with van der Waals surface area (Å²) in [4.78, 5) is 3.72. The number of halogens is 4. The van der Waals surface area contributed by atoms with Crippen LogP contribution in [0.25, 0.3) is 0 Å². The maximum atomic E-state index is 12.5. The molecule has 0 aromatic carbocycles. The normalized spacial score (nSPS) is 15.6. The summed E-state index contributed by atoms with van der Waals surface area (Å²) in [5.74, 6) is -0.517. The van der Waals surface area contributed by atoms with Crippen LogP contribution in [0.5, 0.6) is 0 Å². The van der Waals surface area contributed by atoms with Gasteiger partial charge in [-0.1, -0.05) is 0 Å². The van der Waals surface area contributed by atoms with Crippen molar-refractivity contribution in [2.45, 2.75) is 25.2 Å². The molecule has 1 heterocycles. The number of hydrogen-bond donors (Lipinski definition) is 2. The molecule has 0 saturated heterocycles. The van der Waals surface area contributed by atoms with Crippen molar-refractivity contribution in [1.82, 2.24) is 10.3 Å². The van der Waals surface area contributed by atoms with E-state index in [1.54, 1.807) is 6.92 Å². The van der Waals surface area contributed by atoms with Gasteiger partial charge in [0.2, 0.25) is 0 Å². The molecule has 1 aromatic rings. The molecule has 0 bridgehead atoms. The van der Waals surface area contributed by atoms with Gasteiger partial charge in [-0.25, -0.2) is 4.39 Å². The maximum absolute atomic E-state index is 12.5. The highest BCUT2D eigenvalue weighted by Crippen LogP contribution is 2.20. The van der Waals surface area contributed by atoms with Gasteiger partial charge in [0.15, 0.2) is 6.10 Å². The van der Waals surface area contributed by atoms with Gasteiger partial charge in [-0.15, -0.1) is 0 Å². The molecule has 17 heavy (non-hydrogen) atoms. The molecule has 0 aliphatic carbocycles. The van der Waals surface area contributed by atoms with Crippen LogP contribution in [0.4, 0.5) is 17.6 Å². The van der Waals surface area contributed by atoms with Crippen LogP contribution in [0.15, 0.2) is 18.3 Å². The van der Waals surface area contributed by atoms with E-state index in [0.717, 1.165) is 6.20 Å². The van der Waals surface area contributed by atoms with E-state index >= 15 is 0 Å². The summed E-state index contributed by atoms with van der Waals surface area (Å²) in [6.45, 7) is 0.938. The van der Waals surface area contributed by atoms with Crippen LogP contribution >= 0.6 is 0 Å². The predicted octanol–water partition coefficient (Wildman–Crippen LogP) is 1.79. The Morgan fingerprint density at radius 2 is 2.06 bits per heavy atom. The molecule has 1 aromatic heterocycles. The fourth-order valence-corrected chi connectivity index (χ4v) is 1.15. The molecule has 7 heteroatoms. The van der Waals surface area contributed by atoms with Crippen molar-refractivity contribution in [1.29, 1.82) is 0 Å². The second-order valence-electron chi connectivity index (χ2n) is 3.59. The van der Waals surface area contributed by atoms with Gasteiger partial charge < -0.3 is 10.4 Å². The summed E-state index contributed by atoms with van der Waals surface area (Å²) in [7, 11) is 0. The van der Waals surface area contributed by atoms with Gasteiger partial charge in [-0.05, 0) is 19.1 Å². The Bertz CT molecular complexity index is 352. The molecular formula is C10H12F4N2O. The summed E-state index contributed by atoms with van der Waals surface area (Å²) in [5, 5.41) is 11.2. The molecule has 2 atom stereocenters. The molecule has 96 valence electrons. The van der Waals surface area contributed by atoms with Crippen molar-refractivity contribution in [3.63, 3.8) is 0 Å². The highest BCUT2D eigenvalue weighted by molar-refractivity contribution is 5.08. The Kier molecular flexibility index (Phi) is 4.41. The van der Waals surface area contributed by atoms with E-state index in [0.29, 0.717) is 5.69 Å². The van der Waals surface area contributed by atoms with Crippen LogP contribution in [0.1, 0.15) is 18.7 Å². The Morgan fingerprint density at radius 3 is 2.53 bits per heavy atom. The van der Waals surface area contributed by atoms with E-state index in [2.05, 4.69) is 10.3 Å². The zero-order chi connectivity index (χ0) is 13.1. The van der Waals surface area contributed by atoms with Gasteiger partial charge in [-0.3, -0.25) is 4.98 Å². The Morgan fingerprint density at radius 1 is 1.41 bits per heavy atom. The van der Waals surface area contributed by atoms with Gasteiger partial charge in [0.05, 0.1) is 11.9 Å². The van der Waals surface area contributed by atoms with E-state index in [4.69, 9.17) is 5.11 Å². The molecule has 0 aliphatic rings. The standard InChI is InChI=1S/C10H12F4N2O/c1-6(8-3-2-7(11)4-16-8)15-5-9(17)10(12,13)14/h2-4,6,9,15,17H,5H2,1H3. The fourth-order valence-electron chi connectivity index (χ4n) is 1.15. The lowest BCUT2D eigenvalue weighted by Gasteiger charge is -2.18. The minimum Gasteiger partial charge on any atom is -0.382 e. The van der Waals surface area contributed by atoms with E-state index in [-0.39, 0.29) is 0 Å². The number of rotatable bonds is 4. The third kappa shape index (κ3) is 4.27. The molecule has 0 amide bonds. The van der Waals surface area contributed by atoms with Crippen molar-refractivity contribution in [3.8, 4) is 0 Å². The van der Waals surface area contributed by atoms with Crippen LogP contribution in [0, 0.1) is 5.82 Å². The average Bonchev–Trinajstić information content (AvgIpc) is 2.25. The average molecular weight is 252 g/mol. The first-order chi connectivity index (χ1) is 7.80. The van der Waals surface area contributed by atoms with E-state index < -0.39 is 30.7 Å². The lowest BCUT2D eigenvalue weighted by atomic mass is 10.2. The smallest absolute Gasteiger partial charge is 0.382 e. The number of nitrogens with one attached hydrogen (secondary N) is 1. The minimum absolute atomic E-state index is 0.403. The number of alkyl halides is 3. The molecule has 1 rings (SSSR count). The van der Waals surface area contributed by atoms with E-state index in [1.165, 1.54) is 12.1 Å². The van der Waals surface area contributed by atoms with E-state index in [1.807, 2.05) is 0 Å². The first-order valence-electron chi connectivity index (χ1n) is 4.90. The number of aliphatic hydroxyl groups excluding tert-OH is 1. The van der Waals surface area contributed by atoms with Gasteiger partial charge in [0, 0.05) is 12.6 Å². The molecule has 0 radical (unpaired) electrons. The van der Waals surface area contributed by atoms with Gasteiger partial charge in [0.25, 0.3) is 0 Å². The van der Waals surface area contributed by atoms with Crippen molar-refractivity contribution in [3.05, 3.63) is 29.8 Å². The Hall–Kier alpha value is -1.21. The minimum atomic E-state index is -4.65. The first kappa shape index (κ1) is 13.9. The summed E-state index contributed by atoms with van der Waals surface area (Å²) in [6, 6.07) is 2.03. The monoisotopic (exact) mass is 252 g/mol. The highest BCUT2D eigenvalue weighted by atomic mass is 19.4. The second-order valence-corrected chi connectivity index (χ2v) is 3.59. The quantitative estimate of drug-likeness (QED) is 0.803. The Balaban J connectivity index is 2.50. The topological polar surface area (TPSA) is 45.1 Å². The third-order valence-corrected chi connectivity index (χ3v) is 2.19. The fraction of sp³-hybridized carbons (Fsp3) is 0.500. The first-order valence-corrected chi connectivity index (χ1v) is 4.90. The number of hydrogen-bond acceptors (Lipinski definition) is 3. The lowest BCUT2D eigenvalue weighted by Crippen LogP contribution is -2.39. The van der Waals surface area contributed by atoms with Gasteiger partial charge >= 0.3 is 6.18 Å². The molecule has 0 saturated carbocycles. The molecule has 2 unspecified atom stereocenters. The number of pyridine rings is 1. The lowest BCUT2D eigenvalue weighted by molar-refractivity contribution is -0.202. The van der Waals surface area contributed by atoms with Gasteiger partial charge in [-0.2, -0.15) is 13.2 Å². The zero-order valence-corrected chi connectivity index (χ0v) is 9.00. The SMILES string of the molecule is CC(NCC(O)C(F)(F)F)c1ccc(F)cn1. The van der Waals surface area contributed by atoms with Crippen LogP contribution in [0.2, 0.25) is 0 Å². The maximum Gasteiger partial charge on any atom is 0.415 e. The zero-order valence-electron chi connectivity index (χ0n) is 9.00. The number of aromatic nitrogens is 1. The molecule has 3 nitrogen and oxygen atoms in total. The predicted molar refractivity (Wildman–Crippen MR) is 52.7 cm³/mol. The van der Waals surface area contributed by atoms with Crippen LogP contribution < -0.4 is 5.32 Å². The summed E-state index contributed by atoms with van der Waals surface area (Å²) in [6.07, 6.45) is -6.10. The number of aliphatic hydroxyl groups is 1. The molecule has 0 aliphatic heterocycles. The van der Waals surface area contributed by atoms with Crippen molar-refractivity contribution >= 4 is 0 Å². The van der Waals surface area contributed by atoms with Crippen LogP contribution in [0.3, 0.4) is 0 Å². The van der Waals surface area contributed by atoms with Crippen LogP contribution in [-0.4, -0.2) is 28.9 Å². The van der Waals surface area contributed by atoms with E-state index in [9.17, 15) is 17.6 Å².